The Hall–Kier alpha value is -0.550. The third kappa shape index (κ3) is 1.15. The lowest BCUT2D eigenvalue weighted by Crippen LogP contribution is -2.21. The van der Waals surface area contributed by atoms with Gasteiger partial charge in [0.15, 0.2) is 5.60 Å². The molecule has 2 heteroatoms. The molecule has 0 aliphatic heterocycles. The van der Waals surface area contributed by atoms with Gasteiger partial charge in [0.2, 0.25) is 0 Å². The summed E-state index contributed by atoms with van der Waals surface area (Å²) in [5, 5.41) is 18.0. The first-order valence-corrected chi connectivity index (χ1v) is 3.71. The molecule has 0 aromatic heterocycles. The fourth-order valence-electron chi connectivity index (χ4n) is 1.64. The molecule has 2 nitrogen and oxygen atoms in total. The van der Waals surface area contributed by atoms with Crippen molar-refractivity contribution in [2.45, 2.75) is 32.3 Å². The Kier molecular flexibility index (Phi) is 1.70. The van der Waals surface area contributed by atoms with Crippen molar-refractivity contribution >= 4 is 0 Å². The number of nitriles is 1. The minimum absolute atomic E-state index is 0.490. The van der Waals surface area contributed by atoms with Crippen molar-refractivity contribution in [1.29, 1.82) is 5.26 Å². The van der Waals surface area contributed by atoms with Gasteiger partial charge in [0.05, 0.1) is 6.07 Å². The van der Waals surface area contributed by atoms with Crippen LogP contribution in [0.25, 0.3) is 0 Å². The Morgan fingerprint density at radius 3 is 2.00 bits per heavy atom. The zero-order chi connectivity index (χ0) is 7.78. The first-order valence-electron chi connectivity index (χ1n) is 3.71. The maximum atomic E-state index is 9.48. The number of nitrogens with zero attached hydrogens (tertiary/aromatic N) is 1. The number of hydrogen-bond donors (Lipinski definition) is 1. The molecule has 0 heterocycles. The van der Waals surface area contributed by atoms with Gasteiger partial charge in [-0.05, 0) is 24.7 Å². The van der Waals surface area contributed by atoms with E-state index in [1.807, 2.05) is 6.07 Å². The fraction of sp³-hybridized carbons (Fsp3) is 0.875. The molecule has 0 bridgehead atoms. The smallest absolute Gasteiger partial charge is 0.151 e. The number of rotatable bonds is 0. The van der Waals surface area contributed by atoms with Crippen molar-refractivity contribution in [3.8, 4) is 6.07 Å². The Bertz CT molecular complexity index is 161. The van der Waals surface area contributed by atoms with Crippen LogP contribution in [0.1, 0.15) is 26.7 Å². The lowest BCUT2D eigenvalue weighted by molar-refractivity contribution is 0.101. The lowest BCUT2D eigenvalue weighted by Gasteiger charge is -2.10. The largest absolute Gasteiger partial charge is 0.375 e. The highest BCUT2D eigenvalue weighted by molar-refractivity contribution is 5.06. The zero-order valence-corrected chi connectivity index (χ0v) is 6.46. The molecule has 0 aromatic carbocycles. The van der Waals surface area contributed by atoms with Crippen LogP contribution in [0.3, 0.4) is 0 Å². The highest BCUT2D eigenvalue weighted by atomic mass is 16.3. The Labute approximate surface area is 61.5 Å². The average Bonchev–Trinajstić information content (AvgIpc) is 2.10. The third-order valence-electron chi connectivity index (χ3n) is 2.50. The molecule has 1 aliphatic carbocycles. The minimum Gasteiger partial charge on any atom is -0.375 e. The molecule has 0 saturated heterocycles. The van der Waals surface area contributed by atoms with E-state index in [1.54, 1.807) is 0 Å². The quantitative estimate of drug-likeness (QED) is 0.514. The Morgan fingerprint density at radius 1 is 1.40 bits per heavy atom. The third-order valence-corrected chi connectivity index (χ3v) is 2.50. The molecule has 0 aromatic rings. The molecule has 1 saturated carbocycles. The zero-order valence-electron chi connectivity index (χ0n) is 6.46. The van der Waals surface area contributed by atoms with Crippen LogP contribution in [0.15, 0.2) is 0 Å². The topological polar surface area (TPSA) is 44.0 Å². The van der Waals surface area contributed by atoms with E-state index in [1.165, 1.54) is 0 Å². The monoisotopic (exact) mass is 139 g/mol. The van der Waals surface area contributed by atoms with Crippen molar-refractivity contribution in [3.05, 3.63) is 0 Å². The van der Waals surface area contributed by atoms with Crippen molar-refractivity contribution < 1.29 is 5.11 Å². The minimum atomic E-state index is -1.02. The van der Waals surface area contributed by atoms with Crippen LogP contribution < -0.4 is 0 Å². The molecule has 2 unspecified atom stereocenters. The lowest BCUT2D eigenvalue weighted by atomic mass is 10.0. The van der Waals surface area contributed by atoms with Gasteiger partial charge < -0.3 is 5.11 Å². The van der Waals surface area contributed by atoms with Gasteiger partial charge >= 0.3 is 0 Å². The van der Waals surface area contributed by atoms with Gasteiger partial charge in [-0.15, -0.1) is 0 Å². The second kappa shape index (κ2) is 2.25. The van der Waals surface area contributed by atoms with E-state index in [2.05, 4.69) is 13.8 Å². The number of hydrogen-bond acceptors (Lipinski definition) is 2. The summed E-state index contributed by atoms with van der Waals surface area (Å²) >= 11 is 0. The summed E-state index contributed by atoms with van der Waals surface area (Å²) in [7, 11) is 0. The van der Waals surface area contributed by atoms with Crippen LogP contribution in [0, 0.1) is 23.2 Å². The molecule has 0 spiro atoms. The van der Waals surface area contributed by atoms with Crippen molar-refractivity contribution in [2.75, 3.05) is 0 Å². The molecule has 0 amide bonds. The predicted octanol–water partition coefficient (Wildman–Crippen LogP) is 1.31. The molecular weight excluding hydrogens is 126 g/mol. The van der Waals surface area contributed by atoms with Gasteiger partial charge in [-0.1, -0.05) is 13.8 Å². The average molecular weight is 139 g/mol. The standard InChI is InChI=1S/C8H13NO/c1-6-3-8(10,5-9)4-7(6)2/h6-7,10H,3-4H2,1-2H3. The van der Waals surface area contributed by atoms with Crippen molar-refractivity contribution in [3.63, 3.8) is 0 Å². The summed E-state index contributed by atoms with van der Waals surface area (Å²) in [5.41, 5.74) is -1.02. The second-order valence-electron chi connectivity index (χ2n) is 3.51. The van der Waals surface area contributed by atoms with Crippen LogP contribution in [-0.2, 0) is 0 Å². The van der Waals surface area contributed by atoms with Gasteiger partial charge in [0.25, 0.3) is 0 Å². The fourth-order valence-corrected chi connectivity index (χ4v) is 1.64. The highest BCUT2D eigenvalue weighted by Gasteiger charge is 2.39. The molecule has 10 heavy (non-hydrogen) atoms. The van der Waals surface area contributed by atoms with Crippen LogP contribution in [0.5, 0.6) is 0 Å². The van der Waals surface area contributed by atoms with Gasteiger partial charge in [0, 0.05) is 0 Å². The van der Waals surface area contributed by atoms with E-state index in [9.17, 15) is 5.11 Å². The van der Waals surface area contributed by atoms with Crippen molar-refractivity contribution in [1.82, 2.24) is 0 Å². The normalized spacial score (nSPS) is 47.0. The Morgan fingerprint density at radius 2 is 1.80 bits per heavy atom. The maximum absolute atomic E-state index is 9.48. The van der Waals surface area contributed by atoms with Crippen molar-refractivity contribution in [2.24, 2.45) is 11.8 Å². The summed E-state index contributed by atoms with van der Waals surface area (Å²) in [6.07, 6.45) is 1.29. The van der Waals surface area contributed by atoms with Gasteiger partial charge in [-0.2, -0.15) is 5.26 Å². The van der Waals surface area contributed by atoms with Crippen LogP contribution in [0.2, 0.25) is 0 Å². The molecule has 2 atom stereocenters. The summed E-state index contributed by atoms with van der Waals surface area (Å²) < 4.78 is 0. The van der Waals surface area contributed by atoms with Gasteiger partial charge in [0.1, 0.15) is 0 Å². The molecule has 1 aliphatic rings. The first-order chi connectivity index (χ1) is 4.57. The van der Waals surface area contributed by atoms with Gasteiger partial charge in [-0.3, -0.25) is 0 Å². The molecule has 1 rings (SSSR count). The molecular formula is C8H13NO. The maximum Gasteiger partial charge on any atom is 0.151 e. The summed E-state index contributed by atoms with van der Waals surface area (Å²) in [6.45, 7) is 4.17. The molecule has 56 valence electrons. The van der Waals surface area contributed by atoms with E-state index in [0.29, 0.717) is 24.7 Å². The molecule has 1 N–H and O–H groups in total. The summed E-state index contributed by atoms with van der Waals surface area (Å²) in [5.74, 6) is 0.981. The first kappa shape index (κ1) is 7.56. The van der Waals surface area contributed by atoms with Crippen LogP contribution in [0.4, 0.5) is 0 Å². The second-order valence-corrected chi connectivity index (χ2v) is 3.51. The van der Waals surface area contributed by atoms with E-state index in [-0.39, 0.29) is 0 Å². The summed E-state index contributed by atoms with van der Waals surface area (Å²) in [6, 6.07) is 1.96. The highest BCUT2D eigenvalue weighted by Crippen LogP contribution is 2.38. The van der Waals surface area contributed by atoms with Crippen LogP contribution >= 0.6 is 0 Å². The SMILES string of the molecule is CC1CC(O)(C#N)CC1C. The van der Waals surface area contributed by atoms with Gasteiger partial charge in [-0.25, -0.2) is 0 Å². The van der Waals surface area contributed by atoms with E-state index in [4.69, 9.17) is 5.26 Å². The van der Waals surface area contributed by atoms with Crippen LogP contribution in [-0.4, -0.2) is 10.7 Å². The Balaban J connectivity index is 2.66. The number of aliphatic hydroxyl groups is 1. The molecule has 1 fully saturated rings. The molecule has 0 radical (unpaired) electrons. The van der Waals surface area contributed by atoms with E-state index >= 15 is 0 Å². The summed E-state index contributed by atoms with van der Waals surface area (Å²) in [4.78, 5) is 0. The van der Waals surface area contributed by atoms with E-state index < -0.39 is 5.60 Å². The van der Waals surface area contributed by atoms with E-state index in [0.717, 1.165) is 0 Å². The predicted molar refractivity (Wildman–Crippen MR) is 38.1 cm³/mol.